The van der Waals surface area contributed by atoms with E-state index in [9.17, 15) is 10.2 Å². The monoisotopic (exact) mass is 971 g/mol. The Balaban J connectivity index is 0.000000460. The first-order chi connectivity index (χ1) is 28.4. The molecule has 0 aliphatic carbocycles. The standard InChI is InChI=1S/C43H49NO2.2C7H7.Hf/c1-26(2)42(7,8)36-24-28(5)22-34(40(36)45)30-16-11-13-18-32(30)38-20-15-21-39(44-38)33-19-14-12-17-31(33)35-23-29(6)25-37(41(35)46)43(9,10)27(3)4;2*1-7-5-3-2-4-6-7;/h11-27,45-46H,1-10H3;2*2-6H,1H2;/q;2*-1;+4/p-2. The number of hydrogen-bond donors (Lipinski definition) is 0. The molecule has 7 rings (SSSR count). The van der Waals surface area contributed by atoms with Crippen molar-refractivity contribution in [3.8, 4) is 56.3 Å². The summed E-state index contributed by atoms with van der Waals surface area (Å²) < 4.78 is 0. The van der Waals surface area contributed by atoms with E-state index < -0.39 is 0 Å². The molecular weight excluding hydrogens is 909 g/mol. The Morgan fingerprint density at radius 1 is 0.426 bits per heavy atom. The molecule has 0 fully saturated rings. The molecule has 1 heterocycles. The quantitative estimate of drug-likeness (QED) is 0.113. The Hall–Kier alpha value is -5.32. The minimum Gasteiger partial charge on any atom is -0.872 e. The zero-order chi connectivity index (χ0) is 43.8. The van der Waals surface area contributed by atoms with Gasteiger partial charge in [-0.05, 0) is 82.0 Å². The van der Waals surface area contributed by atoms with Gasteiger partial charge in [0.25, 0.3) is 0 Å². The zero-order valence-electron chi connectivity index (χ0n) is 37.8. The fraction of sp³-hybridized carbons (Fsp3) is 0.246. The van der Waals surface area contributed by atoms with Gasteiger partial charge in [-0.15, -0.1) is 24.3 Å². The average molecular weight is 971 g/mol. The third-order valence-electron chi connectivity index (χ3n) is 12.2. The molecule has 0 atom stereocenters. The topological polar surface area (TPSA) is 59.0 Å². The van der Waals surface area contributed by atoms with Gasteiger partial charge in [0.1, 0.15) is 0 Å². The summed E-state index contributed by atoms with van der Waals surface area (Å²) in [6.45, 7) is 28.8. The zero-order valence-corrected chi connectivity index (χ0v) is 41.4. The molecule has 61 heavy (non-hydrogen) atoms. The van der Waals surface area contributed by atoms with Gasteiger partial charge in [0.2, 0.25) is 0 Å². The van der Waals surface area contributed by atoms with Crippen molar-refractivity contribution in [2.75, 3.05) is 0 Å². The second kappa shape index (κ2) is 21.0. The number of pyridine rings is 1. The third kappa shape index (κ3) is 11.5. The van der Waals surface area contributed by atoms with E-state index in [0.717, 1.165) is 67.0 Å². The van der Waals surface area contributed by atoms with Crippen LogP contribution in [-0.2, 0) is 36.7 Å². The van der Waals surface area contributed by atoms with Crippen LogP contribution in [0, 0.1) is 39.5 Å². The fourth-order valence-corrected chi connectivity index (χ4v) is 7.10. The molecule has 0 saturated heterocycles. The van der Waals surface area contributed by atoms with Crippen molar-refractivity contribution in [1.82, 2.24) is 4.98 Å². The second-order valence-electron chi connectivity index (χ2n) is 17.6. The molecule has 0 radical (unpaired) electrons. The summed E-state index contributed by atoms with van der Waals surface area (Å²) in [4.78, 5) is 5.18. The molecule has 6 aromatic carbocycles. The van der Waals surface area contributed by atoms with E-state index in [2.05, 4.69) is 83.1 Å². The van der Waals surface area contributed by atoms with Gasteiger partial charge in [-0.1, -0.05) is 169 Å². The van der Waals surface area contributed by atoms with Crippen LogP contribution >= 0.6 is 0 Å². The number of nitrogens with zero attached hydrogens (tertiary/aromatic N) is 1. The number of aromatic nitrogens is 1. The summed E-state index contributed by atoms with van der Waals surface area (Å²) in [6.07, 6.45) is 0. The van der Waals surface area contributed by atoms with E-state index in [1.165, 1.54) is 0 Å². The van der Waals surface area contributed by atoms with Crippen LogP contribution in [0.25, 0.3) is 44.8 Å². The molecule has 3 nitrogen and oxygen atoms in total. The summed E-state index contributed by atoms with van der Waals surface area (Å²) in [5, 5.41) is 28.2. The summed E-state index contributed by atoms with van der Waals surface area (Å²) >= 11 is 0. The number of rotatable bonds is 8. The van der Waals surface area contributed by atoms with Crippen LogP contribution < -0.4 is 10.2 Å². The van der Waals surface area contributed by atoms with Crippen LogP contribution in [0.4, 0.5) is 0 Å². The Morgan fingerprint density at radius 2 is 0.738 bits per heavy atom. The van der Waals surface area contributed by atoms with E-state index in [-0.39, 0.29) is 48.2 Å². The first-order valence-electron chi connectivity index (χ1n) is 21.0. The van der Waals surface area contributed by atoms with Crippen LogP contribution in [0.5, 0.6) is 11.5 Å². The molecule has 310 valence electrons. The van der Waals surface area contributed by atoms with Gasteiger partial charge in [-0.2, -0.15) is 49.2 Å². The molecular formula is C57H61HfNO2. The molecule has 0 N–H and O–H groups in total. The number of aryl methyl sites for hydroxylation is 2. The average Bonchev–Trinajstić information content (AvgIpc) is 3.23. The van der Waals surface area contributed by atoms with Crippen LogP contribution in [0.2, 0.25) is 0 Å². The molecule has 0 unspecified atom stereocenters. The van der Waals surface area contributed by atoms with Crippen LogP contribution in [0.3, 0.4) is 0 Å². The van der Waals surface area contributed by atoms with Crippen molar-refractivity contribution in [2.45, 2.75) is 80.1 Å². The Bertz CT molecular complexity index is 2330. The van der Waals surface area contributed by atoms with Crippen LogP contribution in [-0.4, -0.2) is 4.98 Å². The largest absolute Gasteiger partial charge is 4.00 e. The first-order valence-corrected chi connectivity index (χ1v) is 21.0. The van der Waals surface area contributed by atoms with Gasteiger partial charge in [0.05, 0.1) is 11.4 Å². The molecule has 0 amide bonds. The van der Waals surface area contributed by atoms with Crippen molar-refractivity contribution in [2.24, 2.45) is 11.8 Å². The molecule has 7 aromatic rings. The third-order valence-corrected chi connectivity index (χ3v) is 12.2. The van der Waals surface area contributed by atoms with Crippen molar-refractivity contribution < 1.29 is 36.1 Å². The van der Waals surface area contributed by atoms with Gasteiger partial charge in [-0.25, -0.2) is 4.98 Å². The molecule has 0 saturated carbocycles. The van der Waals surface area contributed by atoms with Crippen molar-refractivity contribution in [1.29, 1.82) is 0 Å². The van der Waals surface area contributed by atoms with Gasteiger partial charge < -0.3 is 10.2 Å². The van der Waals surface area contributed by atoms with Crippen LogP contribution in [0.15, 0.2) is 152 Å². The number of benzene rings is 6. The van der Waals surface area contributed by atoms with E-state index in [0.29, 0.717) is 23.0 Å². The maximum absolute atomic E-state index is 14.1. The molecule has 0 aliphatic heterocycles. The number of hydrogen-bond acceptors (Lipinski definition) is 3. The van der Waals surface area contributed by atoms with Crippen molar-refractivity contribution in [3.63, 3.8) is 0 Å². The van der Waals surface area contributed by atoms with Crippen LogP contribution in [0.1, 0.15) is 88.8 Å². The van der Waals surface area contributed by atoms with E-state index in [1.807, 2.05) is 152 Å². The first kappa shape index (κ1) is 48.3. The minimum atomic E-state index is -0.269. The molecule has 1 aromatic heterocycles. The summed E-state index contributed by atoms with van der Waals surface area (Å²) in [6, 6.07) is 49.9. The fourth-order valence-electron chi connectivity index (χ4n) is 7.10. The summed E-state index contributed by atoms with van der Waals surface area (Å²) in [7, 11) is 0. The van der Waals surface area contributed by atoms with E-state index in [4.69, 9.17) is 4.98 Å². The van der Waals surface area contributed by atoms with Gasteiger partial charge in [0, 0.05) is 11.1 Å². The van der Waals surface area contributed by atoms with Gasteiger partial charge in [-0.3, -0.25) is 0 Å². The molecule has 4 heteroatoms. The Kier molecular flexibility index (Phi) is 16.6. The summed E-state index contributed by atoms with van der Waals surface area (Å²) in [5.74, 6) is 0.750. The Labute approximate surface area is 385 Å². The van der Waals surface area contributed by atoms with E-state index in [1.54, 1.807) is 0 Å². The SMILES string of the molecule is Cc1cc(-c2ccccc2-c2cccc(-c3ccccc3-c3cc(C)cc(C(C)(C)C(C)C)c3[O-])n2)c([O-])c(C(C)(C)C(C)C)c1.[CH2-]c1ccccc1.[CH2-]c1ccccc1.[Hf+4]. The van der Waals surface area contributed by atoms with Gasteiger partial charge >= 0.3 is 25.8 Å². The van der Waals surface area contributed by atoms with E-state index >= 15 is 0 Å². The van der Waals surface area contributed by atoms with Crippen molar-refractivity contribution in [3.05, 3.63) is 199 Å². The normalized spacial score (nSPS) is 11.2. The smallest absolute Gasteiger partial charge is 0.872 e. The van der Waals surface area contributed by atoms with Crippen molar-refractivity contribution >= 4 is 0 Å². The molecule has 0 aliphatic rings. The predicted molar refractivity (Wildman–Crippen MR) is 252 cm³/mol. The Morgan fingerprint density at radius 3 is 1.03 bits per heavy atom. The maximum Gasteiger partial charge on any atom is 4.00 e. The minimum absolute atomic E-state index is 0. The summed E-state index contributed by atoms with van der Waals surface area (Å²) in [5.41, 5.74) is 11.9. The molecule has 0 bridgehead atoms. The van der Waals surface area contributed by atoms with Gasteiger partial charge in [0.15, 0.2) is 0 Å². The molecule has 0 spiro atoms. The maximum atomic E-state index is 14.1. The second-order valence-corrected chi connectivity index (χ2v) is 17.6. The predicted octanol–water partition coefficient (Wildman–Crippen LogP) is 14.1.